The number of rotatable bonds is 5. The third kappa shape index (κ3) is 4.44. The Labute approximate surface area is 185 Å². The zero-order valence-electron chi connectivity index (χ0n) is 15.9. The van der Waals surface area contributed by atoms with Gasteiger partial charge in [0.15, 0.2) is 16.7 Å². The minimum Gasteiger partial charge on any atom is -0.733 e. The lowest BCUT2D eigenvalue weighted by Crippen LogP contribution is -2.25. The number of fused-ring (bicyclic) bond motifs is 1. The molecule has 0 amide bonds. The fourth-order valence-electron chi connectivity index (χ4n) is 3.02. The van der Waals surface area contributed by atoms with Crippen molar-refractivity contribution in [2.75, 3.05) is 24.0 Å². The first kappa shape index (κ1) is 19.7. The molecule has 11 heteroatoms. The molecule has 0 radical (unpaired) electrons. The number of thiazole rings is 1. The highest BCUT2D eigenvalue weighted by atomic mass is 32.2. The van der Waals surface area contributed by atoms with E-state index in [4.69, 9.17) is 14.7 Å². The SMILES string of the molecule is [O-]N(O)c1cccc(-c2csc(NNC3=NC/C(=C\c4ccc5c(c4)OCO5)S3)n2)c1. The van der Waals surface area contributed by atoms with Gasteiger partial charge < -0.3 is 19.9 Å². The molecule has 0 atom stereocenters. The van der Waals surface area contributed by atoms with Gasteiger partial charge in [0.05, 0.1) is 17.9 Å². The summed E-state index contributed by atoms with van der Waals surface area (Å²) in [5.74, 6) is 1.52. The summed E-state index contributed by atoms with van der Waals surface area (Å²) in [5, 5.41) is 23.2. The predicted octanol–water partition coefficient (Wildman–Crippen LogP) is 4.29. The number of thioether (sulfide) groups is 1. The summed E-state index contributed by atoms with van der Waals surface area (Å²) in [6.45, 7) is 0.848. The first-order chi connectivity index (χ1) is 15.1. The molecule has 0 fully saturated rings. The van der Waals surface area contributed by atoms with Crippen molar-refractivity contribution in [3.05, 3.63) is 63.5 Å². The second-order valence-corrected chi connectivity index (χ2v) is 8.53. The number of benzene rings is 2. The molecule has 2 aliphatic rings. The second-order valence-electron chi connectivity index (χ2n) is 6.56. The molecule has 2 aromatic carbocycles. The summed E-state index contributed by atoms with van der Waals surface area (Å²) in [7, 11) is 0. The van der Waals surface area contributed by atoms with Crippen LogP contribution in [0.5, 0.6) is 11.5 Å². The Bertz CT molecular complexity index is 1180. The van der Waals surface area contributed by atoms with Gasteiger partial charge in [-0.15, -0.1) is 11.3 Å². The van der Waals surface area contributed by atoms with Crippen molar-refractivity contribution in [2.45, 2.75) is 0 Å². The number of hydrogen-bond donors (Lipinski definition) is 3. The van der Waals surface area contributed by atoms with Gasteiger partial charge >= 0.3 is 0 Å². The van der Waals surface area contributed by atoms with E-state index in [9.17, 15) is 5.21 Å². The molecule has 0 aliphatic carbocycles. The topological polar surface area (TPSA) is 114 Å². The van der Waals surface area contributed by atoms with Crippen LogP contribution in [-0.2, 0) is 0 Å². The molecule has 158 valence electrons. The summed E-state index contributed by atoms with van der Waals surface area (Å²) >= 11 is 2.95. The Morgan fingerprint density at radius 1 is 1.13 bits per heavy atom. The maximum atomic E-state index is 11.1. The molecular formula is C20H16N5O4S2-. The van der Waals surface area contributed by atoms with Crippen molar-refractivity contribution in [3.63, 3.8) is 0 Å². The molecule has 0 saturated carbocycles. The Morgan fingerprint density at radius 3 is 2.94 bits per heavy atom. The average Bonchev–Trinajstić information content (AvgIpc) is 3.53. The van der Waals surface area contributed by atoms with E-state index < -0.39 is 0 Å². The summed E-state index contributed by atoms with van der Waals surface area (Å²) in [5.41, 5.74) is 8.74. The molecule has 31 heavy (non-hydrogen) atoms. The number of amidine groups is 1. The number of aromatic nitrogens is 1. The molecule has 1 aromatic heterocycles. The Morgan fingerprint density at radius 2 is 2.03 bits per heavy atom. The largest absolute Gasteiger partial charge is 0.733 e. The Balaban J connectivity index is 1.19. The van der Waals surface area contributed by atoms with E-state index in [1.54, 1.807) is 23.9 Å². The number of anilines is 2. The van der Waals surface area contributed by atoms with Crippen LogP contribution in [0.15, 0.2) is 57.7 Å². The van der Waals surface area contributed by atoms with Crippen LogP contribution in [-0.4, -0.2) is 28.7 Å². The van der Waals surface area contributed by atoms with Crippen molar-refractivity contribution in [1.82, 2.24) is 10.4 Å². The predicted molar refractivity (Wildman–Crippen MR) is 122 cm³/mol. The third-order valence-electron chi connectivity index (χ3n) is 4.47. The summed E-state index contributed by atoms with van der Waals surface area (Å²) in [6, 6.07) is 12.4. The molecule has 0 bridgehead atoms. The first-order valence-electron chi connectivity index (χ1n) is 9.21. The maximum absolute atomic E-state index is 11.1. The average molecular weight is 455 g/mol. The van der Waals surface area contributed by atoms with Gasteiger partial charge in [-0.1, -0.05) is 30.0 Å². The summed E-state index contributed by atoms with van der Waals surface area (Å²) in [4.78, 5) is 10.1. The van der Waals surface area contributed by atoms with Crippen LogP contribution < -0.4 is 25.6 Å². The van der Waals surface area contributed by atoms with Crippen molar-refractivity contribution in [1.29, 1.82) is 0 Å². The van der Waals surface area contributed by atoms with E-state index in [0.717, 1.165) is 32.7 Å². The van der Waals surface area contributed by atoms with Gasteiger partial charge in [-0.3, -0.25) is 21.1 Å². The van der Waals surface area contributed by atoms with Crippen LogP contribution in [0.4, 0.5) is 10.8 Å². The minimum atomic E-state index is -0.166. The first-order valence-corrected chi connectivity index (χ1v) is 10.9. The van der Waals surface area contributed by atoms with E-state index in [1.165, 1.54) is 17.4 Å². The van der Waals surface area contributed by atoms with Crippen LogP contribution in [0.2, 0.25) is 0 Å². The molecule has 3 heterocycles. The van der Waals surface area contributed by atoms with Crippen LogP contribution >= 0.6 is 23.1 Å². The van der Waals surface area contributed by atoms with Crippen LogP contribution in [0.3, 0.4) is 0 Å². The van der Waals surface area contributed by atoms with Crippen molar-refractivity contribution < 1.29 is 14.7 Å². The number of hydrazine groups is 1. The lowest BCUT2D eigenvalue weighted by atomic mass is 10.1. The van der Waals surface area contributed by atoms with Crippen LogP contribution in [0.25, 0.3) is 17.3 Å². The normalized spacial score (nSPS) is 15.8. The van der Waals surface area contributed by atoms with Crippen LogP contribution in [0.1, 0.15) is 5.56 Å². The van der Waals surface area contributed by atoms with Crippen molar-refractivity contribution >= 4 is 45.2 Å². The van der Waals surface area contributed by atoms with Gasteiger partial charge in [-0.2, -0.15) is 0 Å². The van der Waals surface area contributed by atoms with Gasteiger partial charge in [-0.25, -0.2) is 4.98 Å². The van der Waals surface area contributed by atoms with Gasteiger partial charge in [0.25, 0.3) is 0 Å². The molecule has 0 saturated heterocycles. The molecular weight excluding hydrogens is 438 g/mol. The van der Waals surface area contributed by atoms with Gasteiger partial charge in [-0.05, 0) is 35.9 Å². The lowest BCUT2D eigenvalue weighted by Gasteiger charge is -2.21. The zero-order chi connectivity index (χ0) is 21.2. The molecule has 5 rings (SSSR count). The quantitative estimate of drug-likeness (QED) is 0.486. The van der Waals surface area contributed by atoms with Gasteiger partial charge in [0.1, 0.15) is 0 Å². The highest BCUT2D eigenvalue weighted by molar-refractivity contribution is 8.17. The highest BCUT2D eigenvalue weighted by Gasteiger charge is 2.16. The van der Waals surface area contributed by atoms with E-state index in [0.29, 0.717) is 17.4 Å². The van der Waals surface area contributed by atoms with Crippen molar-refractivity contribution in [3.8, 4) is 22.8 Å². The Kier molecular flexibility index (Phi) is 5.38. The number of nitrogens with one attached hydrogen (secondary N) is 2. The fraction of sp³-hybridized carbons (Fsp3) is 0.100. The summed E-state index contributed by atoms with van der Waals surface area (Å²) < 4.78 is 10.8. The smallest absolute Gasteiger partial charge is 0.231 e. The monoisotopic (exact) mass is 454 g/mol. The van der Waals surface area contributed by atoms with Gasteiger partial charge in [0.2, 0.25) is 11.9 Å². The number of hydrogen-bond acceptors (Lipinski definition) is 11. The maximum Gasteiger partial charge on any atom is 0.231 e. The Hall–Kier alpha value is -3.25. The summed E-state index contributed by atoms with van der Waals surface area (Å²) in [6.07, 6.45) is 2.07. The zero-order valence-corrected chi connectivity index (χ0v) is 17.6. The second kappa shape index (κ2) is 8.47. The lowest BCUT2D eigenvalue weighted by molar-refractivity contribution is 0.174. The van der Waals surface area contributed by atoms with E-state index in [1.807, 2.05) is 29.6 Å². The standard InChI is InChI=1S/C20H16N5O4S2/c26-25(27)14-3-1-2-13(8-14)16-10-30-20(22-16)24-23-19-21-9-15(31-19)6-12-4-5-17-18(7-12)29-11-28-17/h1-8,10,26H,9,11H2,(H,21,23)(H,22,24)/q-1/b15-6+. The van der Waals surface area contributed by atoms with Crippen LogP contribution in [0, 0.1) is 5.21 Å². The molecule has 9 nitrogen and oxygen atoms in total. The molecule has 3 N–H and O–H groups in total. The number of aliphatic imine (C=N–C) groups is 1. The molecule has 3 aromatic rings. The third-order valence-corrected chi connectivity index (χ3v) is 6.17. The minimum absolute atomic E-state index is 0.150. The number of ether oxygens (including phenoxy) is 2. The highest BCUT2D eigenvalue weighted by Crippen LogP contribution is 2.34. The van der Waals surface area contributed by atoms with Gasteiger partial charge in [0, 0.05) is 15.8 Å². The number of nitrogens with zero attached hydrogens (tertiary/aromatic N) is 3. The molecule has 0 unspecified atom stereocenters. The van der Waals surface area contributed by atoms with E-state index in [2.05, 4.69) is 26.9 Å². The molecule has 0 spiro atoms. The molecule has 2 aliphatic heterocycles. The van der Waals surface area contributed by atoms with E-state index in [-0.39, 0.29) is 17.7 Å². The fourth-order valence-corrected chi connectivity index (χ4v) is 4.50. The van der Waals surface area contributed by atoms with E-state index >= 15 is 0 Å². The van der Waals surface area contributed by atoms with Crippen molar-refractivity contribution in [2.24, 2.45) is 4.99 Å².